The van der Waals surface area contributed by atoms with Gasteiger partial charge in [-0.2, -0.15) is 19.3 Å². The van der Waals surface area contributed by atoms with E-state index in [1.165, 1.54) is 70.1 Å². The lowest BCUT2D eigenvalue weighted by Crippen LogP contribution is -2.15. The van der Waals surface area contributed by atoms with Gasteiger partial charge in [0.2, 0.25) is 22.1 Å². The van der Waals surface area contributed by atoms with E-state index >= 15 is 0 Å². The van der Waals surface area contributed by atoms with Crippen LogP contribution in [0.4, 0.5) is 11.4 Å². The first-order valence-electron chi connectivity index (χ1n) is 11.6. The van der Waals surface area contributed by atoms with Crippen LogP contribution in [-0.2, 0) is 16.0 Å². The number of nitrogens with one attached hydrogen (secondary N) is 2. The van der Waals surface area contributed by atoms with E-state index in [4.69, 9.17) is 0 Å². The monoisotopic (exact) mass is 656 g/mol. The van der Waals surface area contributed by atoms with E-state index in [1.807, 2.05) is 24.6 Å². The number of nitriles is 2. The summed E-state index contributed by atoms with van der Waals surface area (Å²) in [6.07, 6.45) is 4.24. The van der Waals surface area contributed by atoms with Crippen LogP contribution in [0.25, 0.3) is 0 Å². The van der Waals surface area contributed by atoms with Gasteiger partial charge in [-0.15, -0.1) is 0 Å². The van der Waals surface area contributed by atoms with E-state index in [2.05, 4.69) is 41.5 Å². The third-order valence-corrected chi connectivity index (χ3v) is 10.2. The van der Waals surface area contributed by atoms with Crippen molar-refractivity contribution in [2.75, 3.05) is 34.7 Å². The van der Waals surface area contributed by atoms with E-state index < -0.39 is 0 Å². The van der Waals surface area contributed by atoms with Crippen molar-refractivity contribution in [2.24, 2.45) is 0 Å². The highest BCUT2D eigenvalue weighted by Gasteiger charge is 2.13. The first kappa shape index (κ1) is 30.8. The van der Waals surface area contributed by atoms with Gasteiger partial charge in [0.15, 0.2) is 8.68 Å². The Morgan fingerprint density at radius 2 is 1.22 bits per heavy atom. The average Bonchev–Trinajstić information content (AvgIpc) is 3.66. The molecule has 0 aliphatic heterocycles. The number of carbonyl (C=O) groups excluding carboxylic acids is 2. The van der Waals surface area contributed by atoms with Gasteiger partial charge in [0.1, 0.15) is 12.1 Å². The standard InChI is InChI=1S/C25H20N8O2S6/c1-36-22-30-24(40-32-22)38-12-20(34)28-18-5-3-14(8-16(18)10-26)7-15-4-6-19(17(9-15)11-27)29-21(35)13-39-25-31-23(37-2)33-41-25/h3-6,8-9H,7,12-13H2,1-2H3,(H,28,34)(H,29,35). The number of rotatable bonds is 12. The molecule has 0 saturated carbocycles. The second-order valence-corrected chi connectivity index (χ2v) is 13.4. The fourth-order valence-corrected chi connectivity index (χ4v) is 7.36. The molecule has 0 radical (unpaired) electrons. The molecule has 0 spiro atoms. The molecule has 0 aliphatic rings. The highest BCUT2D eigenvalue weighted by atomic mass is 32.2. The zero-order valence-electron chi connectivity index (χ0n) is 21.5. The van der Waals surface area contributed by atoms with Crippen LogP contribution in [0.5, 0.6) is 0 Å². The normalized spacial score (nSPS) is 10.5. The molecule has 10 nitrogen and oxygen atoms in total. The van der Waals surface area contributed by atoms with Gasteiger partial charge in [0.05, 0.1) is 34.0 Å². The molecule has 2 aromatic heterocycles. The number of nitrogens with zero attached hydrogens (tertiary/aromatic N) is 6. The minimum absolute atomic E-state index is 0.148. The summed E-state index contributed by atoms with van der Waals surface area (Å²) in [6.45, 7) is 0. The maximum atomic E-state index is 12.5. The predicted molar refractivity (Wildman–Crippen MR) is 167 cm³/mol. The summed E-state index contributed by atoms with van der Waals surface area (Å²) in [5, 5.41) is 26.3. The summed E-state index contributed by atoms with van der Waals surface area (Å²) in [4.78, 5) is 33.5. The molecule has 16 heteroatoms. The second kappa shape index (κ2) is 15.2. The molecule has 2 N–H and O–H groups in total. The molecule has 208 valence electrons. The smallest absolute Gasteiger partial charge is 0.234 e. The van der Waals surface area contributed by atoms with Crippen molar-refractivity contribution in [3.8, 4) is 12.1 Å². The number of anilines is 2. The quantitative estimate of drug-likeness (QED) is 0.181. The van der Waals surface area contributed by atoms with E-state index in [0.29, 0.717) is 47.9 Å². The van der Waals surface area contributed by atoms with Crippen molar-refractivity contribution in [1.82, 2.24) is 18.7 Å². The zero-order valence-corrected chi connectivity index (χ0v) is 26.4. The van der Waals surface area contributed by atoms with E-state index in [-0.39, 0.29) is 23.3 Å². The SMILES string of the molecule is CSc1nsc(SCC(=O)Nc2ccc(Cc3ccc(NC(=O)CSc4nc(SC)ns4)c(C#N)c3)cc2C#N)n1. The molecular weight excluding hydrogens is 637 g/mol. The van der Waals surface area contributed by atoms with Crippen LogP contribution < -0.4 is 10.6 Å². The molecule has 4 aromatic rings. The van der Waals surface area contributed by atoms with Gasteiger partial charge in [-0.3, -0.25) is 9.59 Å². The zero-order chi connectivity index (χ0) is 29.2. The number of thioether (sulfide) groups is 4. The fraction of sp³-hybridized carbons (Fsp3) is 0.200. The van der Waals surface area contributed by atoms with Crippen molar-refractivity contribution in [2.45, 2.75) is 25.4 Å². The van der Waals surface area contributed by atoms with Crippen LogP contribution in [0.15, 0.2) is 55.4 Å². The van der Waals surface area contributed by atoms with Crippen molar-refractivity contribution >= 4 is 93.3 Å². The Hall–Kier alpha value is -3.12. The molecular formula is C25H20N8O2S6. The molecule has 2 heterocycles. The molecule has 0 fully saturated rings. The number of benzene rings is 2. The maximum Gasteiger partial charge on any atom is 0.234 e. The Morgan fingerprint density at radius 3 is 1.59 bits per heavy atom. The first-order chi connectivity index (χ1) is 19.9. The van der Waals surface area contributed by atoms with Crippen molar-refractivity contribution < 1.29 is 9.59 Å². The number of hydrogen-bond donors (Lipinski definition) is 2. The Balaban J connectivity index is 1.34. The van der Waals surface area contributed by atoms with Crippen molar-refractivity contribution in [3.05, 3.63) is 58.7 Å². The van der Waals surface area contributed by atoms with Gasteiger partial charge in [0.25, 0.3) is 0 Å². The van der Waals surface area contributed by atoms with Crippen molar-refractivity contribution in [3.63, 3.8) is 0 Å². The summed E-state index contributed by atoms with van der Waals surface area (Å²) < 4.78 is 9.76. The van der Waals surface area contributed by atoms with Crippen LogP contribution in [-0.4, -0.2) is 54.5 Å². The minimum Gasteiger partial charge on any atom is -0.324 e. The molecule has 0 atom stereocenters. The van der Waals surface area contributed by atoms with Gasteiger partial charge in [-0.25, -0.2) is 9.97 Å². The summed E-state index contributed by atoms with van der Waals surface area (Å²) in [5.74, 6) is -0.199. The Labute approximate surface area is 261 Å². The topological polar surface area (TPSA) is 157 Å². The van der Waals surface area contributed by atoms with Gasteiger partial charge >= 0.3 is 0 Å². The van der Waals surface area contributed by atoms with E-state index in [0.717, 1.165) is 11.1 Å². The summed E-state index contributed by atoms with van der Waals surface area (Å²) in [7, 11) is 0. The largest absolute Gasteiger partial charge is 0.324 e. The molecule has 2 aromatic carbocycles. The Morgan fingerprint density at radius 1 is 0.780 bits per heavy atom. The molecule has 2 amide bonds. The predicted octanol–water partition coefficient (Wildman–Crippen LogP) is 5.63. The number of amides is 2. The molecule has 0 saturated heterocycles. The van der Waals surface area contributed by atoms with E-state index in [9.17, 15) is 20.1 Å². The van der Waals surface area contributed by atoms with Gasteiger partial charge in [-0.1, -0.05) is 59.2 Å². The highest BCUT2D eigenvalue weighted by molar-refractivity contribution is 8.02. The van der Waals surface area contributed by atoms with Crippen LogP contribution in [0.2, 0.25) is 0 Å². The Kier molecular flexibility index (Phi) is 11.4. The third kappa shape index (κ3) is 8.93. The molecule has 0 unspecified atom stereocenters. The average molecular weight is 657 g/mol. The van der Waals surface area contributed by atoms with Crippen molar-refractivity contribution in [1.29, 1.82) is 10.5 Å². The van der Waals surface area contributed by atoms with Crippen LogP contribution in [0.1, 0.15) is 22.3 Å². The number of hydrogen-bond acceptors (Lipinski definition) is 14. The number of aromatic nitrogens is 4. The van der Waals surface area contributed by atoms with Crippen LogP contribution in [0, 0.1) is 22.7 Å². The molecule has 0 aliphatic carbocycles. The van der Waals surface area contributed by atoms with Crippen LogP contribution >= 0.6 is 70.1 Å². The summed E-state index contributed by atoms with van der Waals surface area (Å²) in [5.41, 5.74) is 3.20. The van der Waals surface area contributed by atoms with Gasteiger partial charge < -0.3 is 10.6 Å². The van der Waals surface area contributed by atoms with Crippen LogP contribution in [0.3, 0.4) is 0 Å². The van der Waals surface area contributed by atoms with Gasteiger partial charge in [-0.05, 0) is 77.4 Å². The summed E-state index contributed by atoms with van der Waals surface area (Å²) in [6, 6.07) is 14.8. The Bertz CT molecular complexity index is 1520. The molecule has 41 heavy (non-hydrogen) atoms. The minimum atomic E-state index is -0.247. The van der Waals surface area contributed by atoms with E-state index in [1.54, 1.807) is 24.3 Å². The lowest BCUT2D eigenvalue weighted by Gasteiger charge is -2.11. The maximum absolute atomic E-state index is 12.5. The molecule has 0 bridgehead atoms. The summed E-state index contributed by atoms with van der Waals surface area (Å²) >= 11 is 7.95. The highest BCUT2D eigenvalue weighted by Crippen LogP contribution is 2.26. The lowest BCUT2D eigenvalue weighted by atomic mass is 10.00. The lowest BCUT2D eigenvalue weighted by molar-refractivity contribution is -0.114. The second-order valence-electron chi connectivity index (χ2n) is 7.93. The van der Waals surface area contributed by atoms with Gasteiger partial charge in [0, 0.05) is 0 Å². The third-order valence-electron chi connectivity index (χ3n) is 5.16. The fourth-order valence-electron chi connectivity index (χ4n) is 3.35. The number of carbonyl (C=O) groups is 2. The molecule has 4 rings (SSSR count). The first-order valence-corrected chi connectivity index (χ1v) is 17.5.